The van der Waals surface area contributed by atoms with Crippen LogP contribution in [0.2, 0.25) is 0 Å². The third-order valence-corrected chi connectivity index (χ3v) is 12.3. The van der Waals surface area contributed by atoms with Gasteiger partial charge >= 0.3 is 21.3 Å². The summed E-state index contributed by atoms with van der Waals surface area (Å²) in [7, 11) is -15.0. The molecule has 0 bridgehead atoms. The minimum atomic E-state index is -5.61. The molecule has 3 aliphatic rings. The van der Waals surface area contributed by atoms with Crippen LogP contribution in [-0.4, -0.2) is 139 Å². The molecular formula is C27H33N9O17P2S. The number of phosphoric ester groups is 2. The molecule has 3 aliphatic heterocycles. The number of nitrogen functional groups attached to an aromatic ring is 1. The van der Waals surface area contributed by atoms with Crippen molar-refractivity contribution < 1.29 is 71.0 Å². The molecule has 9 atom stereocenters. The first kappa shape index (κ1) is 41.5. The smallest absolute Gasteiger partial charge is 0.388 e. The highest BCUT2D eigenvalue weighted by molar-refractivity contribution is 7.90. The zero-order chi connectivity index (χ0) is 41.1. The van der Waals surface area contributed by atoms with E-state index in [1.807, 2.05) is 4.98 Å². The number of fused-ring (bicyclic) bond motifs is 3. The number of nitrogens with one attached hydrogen (secondary N) is 1. The van der Waals surface area contributed by atoms with Gasteiger partial charge in [-0.15, -0.1) is 0 Å². The third-order valence-electron chi connectivity index (χ3n) is 8.48. The summed E-state index contributed by atoms with van der Waals surface area (Å²) in [5, 5.41) is 53.2. The highest BCUT2D eigenvalue weighted by atomic mass is 32.2. The van der Waals surface area contributed by atoms with Crippen LogP contribution in [0.25, 0.3) is 33.7 Å². The van der Waals surface area contributed by atoms with E-state index < -0.39 is 111 Å². The molecule has 0 radical (unpaired) electrons. The quantitative estimate of drug-likeness (QED) is 0.0390. The summed E-state index contributed by atoms with van der Waals surface area (Å²) in [6.45, 7) is -1.63. The average molecular weight is 850 g/mol. The average Bonchev–Trinajstić information content (AvgIpc) is 3.65. The Morgan fingerprint density at radius 1 is 1.02 bits per heavy atom. The second-order valence-electron chi connectivity index (χ2n) is 12.5. The molecule has 10 N–H and O–H groups in total. The Morgan fingerprint density at radius 2 is 1.71 bits per heavy atom. The summed E-state index contributed by atoms with van der Waals surface area (Å²) in [6, 6.07) is 2.46. The summed E-state index contributed by atoms with van der Waals surface area (Å²) >= 11 is 0. The number of nitrogens with two attached hydrogens (primary N) is 1. The van der Waals surface area contributed by atoms with Crippen LogP contribution in [0.4, 0.5) is 5.82 Å². The van der Waals surface area contributed by atoms with Crippen molar-refractivity contribution in [2.24, 2.45) is 0 Å². The van der Waals surface area contributed by atoms with E-state index in [0.717, 1.165) is 23.2 Å². The van der Waals surface area contributed by atoms with Gasteiger partial charge in [-0.05, 0) is 24.6 Å². The number of benzene rings is 1. The van der Waals surface area contributed by atoms with Crippen LogP contribution in [0, 0.1) is 6.92 Å². The number of imidazole rings is 1. The van der Waals surface area contributed by atoms with Gasteiger partial charge in [-0.3, -0.25) is 23.4 Å². The Balaban J connectivity index is 1.10. The third kappa shape index (κ3) is 8.41. The lowest BCUT2D eigenvalue weighted by molar-refractivity contribution is -0.0794. The number of anilines is 1. The van der Waals surface area contributed by atoms with E-state index in [0.29, 0.717) is 0 Å². The molecule has 2 unspecified atom stereocenters. The van der Waals surface area contributed by atoms with E-state index in [9.17, 15) is 62.5 Å². The van der Waals surface area contributed by atoms with Crippen molar-refractivity contribution >= 4 is 53.5 Å². The van der Waals surface area contributed by atoms with Crippen LogP contribution in [0.3, 0.4) is 0 Å². The van der Waals surface area contributed by atoms with Gasteiger partial charge < -0.3 is 50.4 Å². The van der Waals surface area contributed by atoms with Gasteiger partial charge in [0.25, 0.3) is 5.56 Å². The van der Waals surface area contributed by atoms with E-state index in [4.69, 9.17) is 10.5 Å². The summed E-state index contributed by atoms with van der Waals surface area (Å²) in [4.78, 5) is 66.3. The molecule has 304 valence electrons. The second-order valence-corrected chi connectivity index (χ2v) is 17.5. The number of H-pyrrole nitrogens is 1. The van der Waals surface area contributed by atoms with Crippen LogP contribution in [-0.2, 0) is 43.6 Å². The number of aromatic amines is 1. The van der Waals surface area contributed by atoms with E-state index in [2.05, 4.69) is 38.3 Å². The number of sulfone groups is 1. The Bertz CT molecular complexity index is 2600. The molecule has 0 aliphatic carbocycles. The number of ether oxygens (including phenoxy) is 1. The fraction of sp³-hybridized carbons (Fsp3) is 0.444. The van der Waals surface area contributed by atoms with Gasteiger partial charge in [0.1, 0.15) is 48.5 Å². The number of hydrogen-bond donors (Lipinski definition) is 9. The molecule has 2 aromatic heterocycles. The molecular weight excluding hydrogens is 816 g/mol. The summed E-state index contributed by atoms with van der Waals surface area (Å²) in [6.07, 6.45) is -9.56. The first-order valence-electron chi connectivity index (χ1n) is 15.9. The number of nitrogens with zero attached hydrogens (tertiary/aromatic N) is 7. The van der Waals surface area contributed by atoms with Crippen molar-refractivity contribution in [3.05, 3.63) is 51.2 Å². The highest BCUT2D eigenvalue weighted by Crippen LogP contribution is 2.60. The van der Waals surface area contributed by atoms with Crippen LogP contribution in [0.5, 0.6) is 0 Å². The van der Waals surface area contributed by atoms with Gasteiger partial charge in [-0.25, -0.2) is 42.3 Å². The highest BCUT2D eigenvalue weighted by Gasteiger charge is 2.46. The molecule has 26 nitrogen and oxygen atoms in total. The SMILES string of the molecule is Cc1cc2nc3c(=O)[nH]c(=O)nc-3n(C[C@H](O)[C@H](O)[C@H](O)COP(=O)(O)OP(=O)(O)OC[C@H]3O[C@@H](n4cnc5c(N)ncnc54)[C@H](O)[C@@H]3O)c2cc1S(C)(=O)=O. The van der Waals surface area contributed by atoms with Crippen LogP contribution < -0.4 is 17.0 Å². The molecule has 0 amide bonds. The number of hydrogen-bond acceptors (Lipinski definition) is 21. The standard InChI is InChI=1S/C27H33N9O17P2S/c1-10-3-11-12(4-16(10)56(2,48)49)35(24-18(32-11)25(42)34-27(43)33-24)5-13(37)19(39)14(38)6-50-54(44,45)53-55(46,47)51-7-15-20(40)21(41)26(52-15)36-9-31-17-22(28)29-8-30-23(17)36/h3-4,8-9,13-15,19-21,26,37-41H,5-7H2,1-2H3,(H,44,45)(H,46,47)(H2,28,29,30)(H,34,42,43)/t13-,14+,15+,19-,20+,21+,26+/m0/s1. The number of rotatable bonds is 14. The lowest BCUT2D eigenvalue weighted by Gasteiger charge is -2.26. The molecule has 0 saturated carbocycles. The van der Waals surface area contributed by atoms with Gasteiger partial charge in [0.05, 0.1) is 42.0 Å². The van der Waals surface area contributed by atoms with E-state index in [1.165, 1.54) is 23.9 Å². The molecule has 5 heterocycles. The molecule has 29 heteroatoms. The molecule has 1 fully saturated rings. The van der Waals surface area contributed by atoms with E-state index in [1.54, 1.807) is 0 Å². The zero-order valence-corrected chi connectivity index (χ0v) is 31.3. The molecule has 6 rings (SSSR count). The van der Waals surface area contributed by atoms with Crippen molar-refractivity contribution in [2.75, 3.05) is 25.2 Å². The lowest BCUT2D eigenvalue weighted by atomic mass is 10.1. The fourth-order valence-corrected chi connectivity index (χ4v) is 8.90. The van der Waals surface area contributed by atoms with Gasteiger partial charge in [0, 0.05) is 6.26 Å². The molecule has 1 saturated heterocycles. The topological polar surface area (TPSA) is 397 Å². The maximum absolute atomic E-state index is 12.6. The van der Waals surface area contributed by atoms with Crippen molar-refractivity contribution in [3.63, 3.8) is 0 Å². The second kappa shape index (κ2) is 15.3. The van der Waals surface area contributed by atoms with Crippen molar-refractivity contribution in [3.8, 4) is 11.5 Å². The number of aromatic nitrogens is 8. The van der Waals surface area contributed by atoms with Crippen molar-refractivity contribution in [1.29, 1.82) is 0 Å². The van der Waals surface area contributed by atoms with Gasteiger partial charge in [0.2, 0.25) is 0 Å². The van der Waals surface area contributed by atoms with Crippen LogP contribution >= 0.6 is 15.6 Å². The molecule has 1 aromatic carbocycles. The number of phosphoric acid groups is 2. The summed E-state index contributed by atoms with van der Waals surface area (Å²) in [5.41, 5.74) is 3.71. The molecule has 0 spiro atoms. The largest absolute Gasteiger partial charge is 0.481 e. The van der Waals surface area contributed by atoms with E-state index in [-0.39, 0.29) is 38.5 Å². The van der Waals surface area contributed by atoms with Gasteiger partial charge in [-0.1, -0.05) is 0 Å². The maximum atomic E-state index is 12.6. The number of aliphatic hydroxyl groups excluding tert-OH is 5. The minimum Gasteiger partial charge on any atom is -0.388 e. The van der Waals surface area contributed by atoms with Gasteiger partial charge in [0.15, 0.2) is 39.0 Å². The Kier molecular flexibility index (Phi) is 11.3. The monoisotopic (exact) mass is 849 g/mol. The predicted molar refractivity (Wildman–Crippen MR) is 185 cm³/mol. The van der Waals surface area contributed by atoms with Crippen molar-refractivity contribution in [1.82, 2.24) is 39.0 Å². The normalized spacial score (nSPS) is 22.9. The first-order valence-corrected chi connectivity index (χ1v) is 20.7. The first-order chi connectivity index (χ1) is 26.1. The minimum absolute atomic E-state index is 0.0123. The Hall–Kier alpha value is -4.18. The maximum Gasteiger partial charge on any atom is 0.481 e. The number of aliphatic hydroxyl groups is 5. The summed E-state index contributed by atoms with van der Waals surface area (Å²) < 4.78 is 71.2. The number of aryl methyl sites for hydroxylation is 1. The Morgan fingerprint density at radius 3 is 2.41 bits per heavy atom. The lowest BCUT2D eigenvalue weighted by Crippen LogP contribution is -2.42. The van der Waals surface area contributed by atoms with Crippen molar-refractivity contribution in [2.45, 2.75) is 61.2 Å². The van der Waals surface area contributed by atoms with E-state index >= 15 is 0 Å². The zero-order valence-electron chi connectivity index (χ0n) is 28.7. The molecule has 56 heavy (non-hydrogen) atoms. The van der Waals surface area contributed by atoms with Gasteiger partial charge in [-0.2, -0.15) is 9.29 Å². The summed E-state index contributed by atoms with van der Waals surface area (Å²) in [5.74, 6) is -0.424. The molecule has 3 aromatic rings. The van der Waals surface area contributed by atoms with Crippen LogP contribution in [0.1, 0.15) is 11.8 Å². The Labute approximate surface area is 312 Å². The fourth-order valence-electron chi connectivity index (χ4n) is 5.83. The van der Waals surface area contributed by atoms with Crippen LogP contribution in [0.15, 0.2) is 39.3 Å². The predicted octanol–water partition coefficient (Wildman–Crippen LogP) is -3.33.